The predicted molar refractivity (Wildman–Crippen MR) is 57.0 cm³/mol. The molecule has 2 nitrogen and oxygen atoms in total. The molecule has 0 bridgehead atoms. The van der Waals surface area contributed by atoms with Gasteiger partial charge in [-0.25, -0.2) is 9.37 Å². The van der Waals surface area contributed by atoms with E-state index in [-0.39, 0.29) is 5.82 Å². The lowest BCUT2D eigenvalue weighted by Crippen LogP contribution is -1.99. The monoisotopic (exact) mass is 210 g/mol. The standard InChI is InChI=1S/C10H11FN2S/c11-7-3-1-4-8-10(7)14-9(13-8)5-2-6-12/h1,3-4H,2,5-6,12H2. The number of hydrogen-bond acceptors (Lipinski definition) is 3. The van der Waals surface area contributed by atoms with Crippen LogP contribution in [0.1, 0.15) is 11.4 Å². The average Bonchev–Trinajstić information content (AvgIpc) is 2.59. The Morgan fingerprint density at radius 3 is 3.00 bits per heavy atom. The molecule has 0 unspecified atom stereocenters. The SMILES string of the molecule is NCCCc1nc2cccc(F)c2s1. The van der Waals surface area contributed by atoms with Crippen LogP contribution in [0.2, 0.25) is 0 Å². The first-order chi connectivity index (χ1) is 6.81. The van der Waals surface area contributed by atoms with Gasteiger partial charge in [0.25, 0.3) is 0 Å². The fourth-order valence-electron chi connectivity index (χ4n) is 1.32. The molecule has 1 aromatic carbocycles. The number of nitrogens with two attached hydrogens (primary N) is 1. The van der Waals surface area contributed by atoms with Crippen LogP contribution < -0.4 is 5.73 Å². The number of rotatable bonds is 3. The molecular weight excluding hydrogens is 199 g/mol. The fourth-order valence-corrected chi connectivity index (χ4v) is 2.33. The minimum absolute atomic E-state index is 0.181. The second kappa shape index (κ2) is 4.02. The molecule has 0 amide bonds. The predicted octanol–water partition coefficient (Wildman–Crippen LogP) is 2.33. The molecule has 0 aliphatic rings. The summed E-state index contributed by atoms with van der Waals surface area (Å²) in [6, 6.07) is 4.98. The molecule has 2 N–H and O–H groups in total. The fraction of sp³-hybridized carbons (Fsp3) is 0.300. The molecule has 0 atom stereocenters. The van der Waals surface area contributed by atoms with E-state index in [0.29, 0.717) is 11.2 Å². The molecule has 0 radical (unpaired) electrons. The number of benzene rings is 1. The highest BCUT2D eigenvalue weighted by molar-refractivity contribution is 7.18. The molecule has 0 aliphatic heterocycles. The Labute approximate surface area is 85.6 Å². The van der Waals surface area contributed by atoms with Gasteiger partial charge < -0.3 is 5.73 Å². The van der Waals surface area contributed by atoms with E-state index >= 15 is 0 Å². The molecule has 2 aromatic rings. The Morgan fingerprint density at radius 1 is 1.43 bits per heavy atom. The van der Waals surface area contributed by atoms with Gasteiger partial charge in [0.1, 0.15) is 5.82 Å². The van der Waals surface area contributed by atoms with Crippen LogP contribution >= 0.6 is 11.3 Å². The van der Waals surface area contributed by atoms with Gasteiger partial charge in [-0.1, -0.05) is 6.07 Å². The van der Waals surface area contributed by atoms with Crippen molar-refractivity contribution in [1.82, 2.24) is 4.98 Å². The Morgan fingerprint density at radius 2 is 2.29 bits per heavy atom. The molecule has 2 rings (SSSR count). The molecule has 0 fully saturated rings. The Bertz CT molecular complexity index is 439. The molecule has 0 saturated heterocycles. The topological polar surface area (TPSA) is 38.9 Å². The highest BCUT2D eigenvalue weighted by atomic mass is 32.1. The Hall–Kier alpha value is -1.00. The van der Waals surface area contributed by atoms with Gasteiger partial charge in [0.15, 0.2) is 0 Å². The van der Waals surface area contributed by atoms with Crippen molar-refractivity contribution in [2.45, 2.75) is 12.8 Å². The van der Waals surface area contributed by atoms with E-state index in [0.717, 1.165) is 23.4 Å². The lowest BCUT2D eigenvalue weighted by Gasteiger charge is -1.89. The zero-order chi connectivity index (χ0) is 9.97. The molecule has 14 heavy (non-hydrogen) atoms. The van der Waals surface area contributed by atoms with Crippen molar-refractivity contribution in [2.24, 2.45) is 5.73 Å². The van der Waals surface area contributed by atoms with Crippen LogP contribution in [-0.4, -0.2) is 11.5 Å². The number of aryl methyl sites for hydroxylation is 1. The van der Waals surface area contributed by atoms with E-state index in [1.165, 1.54) is 17.4 Å². The first kappa shape index (κ1) is 9.55. The molecule has 4 heteroatoms. The molecule has 0 saturated carbocycles. The summed E-state index contributed by atoms with van der Waals surface area (Å²) in [6.07, 6.45) is 1.75. The molecular formula is C10H11FN2S. The largest absolute Gasteiger partial charge is 0.330 e. The molecule has 1 heterocycles. The van der Waals surface area contributed by atoms with Crippen LogP contribution in [0.4, 0.5) is 4.39 Å². The maximum Gasteiger partial charge on any atom is 0.142 e. The van der Waals surface area contributed by atoms with Crippen molar-refractivity contribution in [1.29, 1.82) is 0 Å². The summed E-state index contributed by atoms with van der Waals surface area (Å²) in [4.78, 5) is 4.33. The summed E-state index contributed by atoms with van der Waals surface area (Å²) in [6.45, 7) is 0.651. The van der Waals surface area contributed by atoms with E-state index in [9.17, 15) is 4.39 Å². The van der Waals surface area contributed by atoms with E-state index in [4.69, 9.17) is 5.73 Å². The summed E-state index contributed by atoms with van der Waals surface area (Å²) >= 11 is 1.42. The minimum Gasteiger partial charge on any atom is -0.330 e. The van der Waals surface area contributed by atoms with Crippen molar-refractivity contribution in [2.75, 3.05) is 6.54 Å². The smallest absolute Gasteiger partial charge is 0.142 e. The van der Waals surface area contributed by atoms with Crippen LogP contribution in [0, 0.1) is 5.82 Å². The highest BCUT2D eigenvalue weighted by Gasteiger charge is 2.06. The quantitative estimate of drug-likeness (QED) is 0.844. The highest BCUT2D eigenvalue weighted by Crippen LogP contribution is 2.25. The second-order valence-corrected chi connectivity index (χ2v) is 4.17. The number of halogens is 1. The number of nitrogens with zero attached hydrogens (tertiary/aromatic N) is 1. The molecule has 1 aromatic heterocycles. The summed E-state index contributed by atoms with van der Waals surface area (Å²) in [5, 5.41) is 0.968. The normalized spacial score (nSPS) is 11.0. The zero-order valence-corrected chi connectivity index (χ0v) is 8.48. The second-order valence-electron chi connectivity index (χ2n) is 3.09. The maximum atomic E-state index is 13.3. The summed E-state index contributed by atoms with van der Waals surface area (Å²) in [7, 11) is 0. The van der Waals surface area contributed by atoms with Crippen LogP contribution in [0.5, 0.6) is 0 Å². The Balaban J connectivity index is 2.36. The van der Waals surface area contributed by atoms with Crippen LogP contribution in [-0.2, 0) is 6.42 Å². The summed E-state index contributed by atoms with van der Waals surface area (Å²) < 4.78 is 13.9. The van der Waals surface area contributed by atoms with E-state index in [1.807, 2.05) is 6.07 Å². The van der Waals surface area contributed by atoms with Gasteiger partial charge in [-0.2, -0.15) is 0 Å². The van der Waals surface area contributed by atoms with Gasteiger partial charge in [-0.15, -0.1) is 11.3 Å². The van der Waals surface area contributed by atoms with Crippen molar-refractivity contribution in [3.8, 4) is 0 Å². The van der Waals surface area contributed by atoms with Gasteiger partial charge >= 0.3 is 0 Å². The first-order valence-corrected chi connectivity index (χ1v) is 5.37. The lowest BCUT2D eigenvalue weighted by molar-refractivity contribution is 0.641. The maximum absolute atomic E-state index is 13.3. The zero-order valence-electron chi connectivity index (χ0n) is 7.66. The third-order valence-corrected chi connectivity index (χ3v) is 3.15. The van der Waals surface area contributed by atoms with Crippen molar-refractivity contribution in [3.63, 3.8) is 0 Å². The van der Waals surface area contributed by atoms with Gasteiger partial charge in [0.05, 0.1) is 15.2 Å². The van der Waals surface area contributed by atoms with Gasteiger partial charge in [0, 0.05) is 6.42 Å². The summed E-state index contributed by atoms with van der Waals surface area (Å²) in [5.41, 5.74) is 6.16. The van der Waals surface area contributed by atoms with E-state index in [2.05, 4.69) is 4.98 Å². The van der Waals surface area contributed by atoms with Crippen LogP contribution in [0.25, 0.3) is 10.2 Å². The molecule has 74 valence electrons. The molecule has 0 aliphatic carbocycles. The Kier molecular flexibility index (Phi) is 2.74. The number of hydrogen-bond donors (Lipinski definition) is 1. The first-order valence-electron chi connectivity index (χ1n) is 4.55. The van der Waals surface area contributed by atoms with Gasteiger partial charge in [0.2, 0.25) is 0 Å². The lowest BCUT2D eigenvalue weighted by atomic mass is 10.3. The van der Waals surface area contributed by atoms with Crippen molar-refractivity contribution >= 4 is 21.6 Å². The third-order valence-electron chi connectivity index (χ3n) is 2.01. The van der Waals surface area contributed by atoms with Crippen molar-refractivity contribution in [3.05, 3.63) is 29.0 Å². The number of fused-ring (bicyclic) bond motifs is 1. The number of aromatic nitrogens is 1. The third kappa shape index (κ3) is 1.76. The van der Waals surface area contributed by atoms with Crippen LogP contribution in [0.3, 0.4) is 0 Å². The van der Waals surface area contributed by atoms with Gasteiger partial charge in [-0.05, 0) is 25.1 Å². The van der Waals surface area contributed by atoms with Crippen LogP contribution in [0.15, 0.2) is 18.2 Å². The average molecular weight is 210 g/mol. The van der Waals surface area contributed by atoms with E-state index in [1.54, 1.807) is 6.07 Å². The number of thiazole rings is 1. The molecule has 0 spiro atoms. The minimum atomic E-state index is -0.181. The van der Waals surface area contributed by atoms with Crippen molar-refractivity contribution < 1.29 is 4.39 Å². The van der Waals surface area contributed by atoms with Gasteiger partial charge in [-0.3, -0.25) is 0 Å². The summed E-state index contributed by atoms with van der Waals surface area (Å²) in [5.74, 6) is -0.181. The van der Waals surface area contributed by atoms with E-state index < -0.39 is 0 Å².